The molecule has 1 aliphatic rings. The van der Waals surface area contributed by atoms with Gasteiger partial charge in [-0.15, -0.1) is 0 Å². The van der Waals surface area contributed by atoms with E-state index in [1.165, 1.54) is 0 Å². The predicted molar refractivity (Wildman–Crippen MR) is 155 cm³/mol. The monoisotopic (exact) mass is 545 g/mol. The highest BCUT2D eigenvalue weighted by Crippen LogP contribution is 2.27. The summed E-state index contributed by atoms with van der Waals surface area (Å²) in [6, 6.07) is 23.6. The van der Waals surface area contributed by atoms with Crippen LogP contribution in [0.5, 0.6) is 0 Å². The second kappa shape index (κ2) is 11.4. The van der Waals surface area contributed by atoms with Crippen LogP contribution in [0.3, 0.4) is 0 Å². The molecule has 6 N–H and O–H groups in total. The molecular weight excluding hydrogens is 510 g/mol. The van der Waals surface area contributed by atoms with Crippen LogP contribution in [-0.4, -0.2) is 38.4 Å². The number of rotatable bonds is 9. The summed E-state index contributed by atoms with van der Waals surface area (Å²) in [5.74, 6) is 5.21. The number of nitrogens with two attached hydrogens (primary N) is 2. The van der Waals surface area contributed by atoms with Crippen LogP contribution < -0.4 is 21.7 Å². The lowest BCUT2D eigenvalue weighted by atomic mass is 10.0. The Morgan fingerprint density at radius 2 is 1.54 bits per heavy atom. The largest absolute Gasteiger partial charge is 0.341 e. The van der Waals surface area contributed by atoms with Crippen molar-refractivity contribution in [1.82, 2.24) is 15.0 Å². The number of likely N-dealkylation sites (N-methyl/N-ethyl adjacent to an activating group) is 1. The van der Waals surface area contributed by atoms with Gasteiger partial charge in [-0.25, -0.2) is 13.8 Å². The van der Waals surface area contributed by atoms with E-state index in [-0.39, 0.29) is 23.3 Å². The van der Waals surface area contributed by atoms with Crippen LogP contribution >= 0.6 is 0 Å². The van der Waals surface area contributed by atoms with E-state index in [4.69, 9.17) is 11.6 Å². The molecule has 1 saturated carbocycles. The van der Waals surface area contributed by atoms with Crippen LogP contribution in [0, 0.1) is 0 Å². The fraction of sp³-hybridized carbons (Fsp3) is 0.300. The number of nitrogens with one attached hydrogen (secondary N) is 2. The molecule has 0 saturated heterocycles. The van der Waals surface area contributed by atoms with E-state index in [0.29, 0.717) is 0 Å². The van der Waals surface area contributed by atoms with Crippen LogP contribution in [0.2, 0.25) is 0 Å². The van der Waals surface area contributed by atoms with Gasteiger partial charge in [-0.1, -0.05) is 67.4 Å². The van der Waals surface area contributed by atoms with Crippen LogP contribution in [0.25, 0.3) is 21.5 Å². The zero-order valence-electron chi connectivity index (χ0n) is 22.0. The summed E-state index contributed by atoms with van der Waals surface area (Å²) in [4.78, 5) is 15.5. The zero-order valence-corrected chi connectivity index (χ0v) is 22.8. The maximum atomic E-state index is 13.7. The maximum Gasteiger partial charge on any atom is 0.241 e. The third-order valence-corrected chi connectivity index (χ3v) is 9.23. The average Bonchev–Trinajstić information content (AvgIpc) is 3.49. The summed E-state index contributed by atoms with van der Waals surface area (Å²) in [5, 5.41) is 3.90. The molecule has 1 unspecified atom stereocenters. The third kappa shape index (κ3) is 5.98. The Balaban J connectivity index is 1.44. The molecule has 39 heavy (non-hydrogen) atoms. The number of amides is 1. The summed E-state index contributed by atoms with van der Waals surface area (Å²) in [6.07, 6.45) is 3.69. The second-order valence-electron chi connectivity index (χ2n) is 10.4. The van der Waals surface area contributed by atoms with E-state index in [0.717, 1.165) is 58.4 Å². The van der Waals surface area contributed by atoms with Crippen molar-refractivity contribution in [3.05, 3.63) is 90.0 Å². The van der Waals surface area contributed by atoms with E-state index >= 15 is 0 Å². The average molecular weight is 546 g/mol. The molecule has 0 heterocycles. The first-order valence-electron chi connectivity index (χ1n) is 13.3. The van der Waals surface area contributed by atoms with Gasteiger partial charge in [0.1, 0.15) is 6.04 Å². The minimum atomic E-state index is -4.00. The van der Waals surface area contributed by atoms with Gasteiger partial charge in [-0.05, 0) is 76.2 Å². The molecule has 9 heteroatoms. The van der Waals surface area contributed by atoms with Crippen LogP contribution in [0.1, 0.15) is 43.0 Å². The van der Waals surface area contributed by atoms with E-state index < -0.39 is 22.2 Å². The summed E-state index contributed by atoms with van der Waals surface area (Å²) in [6.45, 7) is 0. The van der Waals surface area contributed by atoms with E-state index in [2.05, 4.69) is 10.1 Å². The first-order chi connectivity index (χ1) is 18.7. The molecule has 5 rings (SSSR count). The van der Waals surface area contributed by atoms with Crippen molar-refractivity contribution in [2.45, 2.75) is 55.2 Å². The van der Waals surface area contributed by atoms with Crippen LogP contribution in [0.4, 0.5) is 0 Å². The Hall–Kier alpha value is -3.34. The third-order valence-electron chi connectivity index (χ3n) is 7.76. The first-order valence-corrected chi connectivity index (χ1v) is 14.8. The molecule has 0 aliphatic heterocycles. The van der Waals surface area contributed by atoms with Crippen molar-refractivity contribution in [1.29, 1.82) is 0 Å². The molecule has 2 atom stereocenters. The highest BCUT2D eigenvalue weighted by atomic mass is 32.2. The predicted octanol–water partition coefficient (Wildman–Crippen LogP) is 3.70. The minimum Gasteiger partial charge on any atom is -0.341 e. The Kier molecular flexibility index (Phi) is 7.97. The van der Waals surface area contributed by atoms with Gasteiger partial charge in [0.25, 0.3) is 0 Å². The number of nitrogens with zero attached hydrogens (tertiary/aromatic N) is 1. The lowest BCUT2D eigenvalue weighted by Gasteiger charge is -2.29. The molecule has 0 spiro atoms. The Bertz CT molecular complexity index is 1580. The molecule has 0 aromatic heterocycles. The number of hydrogen-bond donors (Lipinski definition) is 4. The van der Waals surface area contributed by atoms with Crippen molar-refractivity contribution in [2.24, 2.45) is 11.6 Å². The number of sulfonamides is 1. The number of benzene rings is 4. The summed E-state index contributed by atoms with van der Waals surface area (Å²) in [7, 11) is -2.22. The molecule has 1 amide bonds. The Labute approximate surface area is 229 Å². The second-order valence-corrected chi connectivity index (χ2v) is 12.1. The molecule has 8 nitrogen and oxygen atoms in total. The van der Waals surface area contributed by atoms with Gasteiger partial charge in [0, 0.05) is 13.1 Å². The van der Waals surface area contributed by atoms with E-state index in [9.17, 15) is 13.2 Å². The quantitative estimate of drug-likeness (QED) is 0.110. The summed E-state index contributed by atoms with van der Waals surface area (Å²) >= 11 is 0. The highest BCUT2D eigenvalue weighted by Gasteiger charge is 2.32. The molecule has 4 aromatic rings. The summed E-state index contributed by atoms with van der Waals surface area (Å²) in [5.41, 5.74) is 10.0. The van der Waals surface area contributed by atoms with Gasteiger partial charge < -0.3 is 10.6 Å². The van der Waals surface area contributed by atoms with Crippen molar-refractivity contribution in [3.8, 4) is 0 Å². The normalized spacial score (nSPS) is 16.0. The molecule has 4 aromatic carbocycles. The van der Waals surface area contributed by atoms with Crippen molar-refractivity contribution < 1.29 is 13.2 Å². The van der Waals surface area contributed by atoms with Gasteiger partial charge >= 0.3 is 0 Å². The topological polar surface area (TPSA) is 131 Å². The molecular formula is C30H35N5O3S. The molecule has 1 fully saturated rings. The van der Waals surface area contributed by atoms with E-state index in [1.54, 1.807) is 24.1 Å². The first kappa shape index (κ1) is 27.2. The lowest BCUT2D eigenvalue weighted by molar-refractivity contribution is -0.133. The van der Waals surface area contributed by atoms with Crippen LogP contribution in [-0.2, 0) is 21.2 Å². The number of hydrazine groups is 1. The number of carbonyl (C=O) groups excluding carboxylic acids is 1. The van der Waals surface area contributed by atoms with Gasteiger partial charge in [0.15, 0.2) is 0 Å². The standard InChI is InChI=1S/C30H35N5O3S/c1-35(26-8-4-5-9-26)30(36)28(16-20-10-12-21(13-11-20)29(31)33-32)34-39(37,38)27-15-14-24-17-22-6-2-3-7-23(22)18-25(24)19-27/h2-3,6-7,10-15,17-19,26,28-29,33-34H,4-5,8-9,16,31-32H2,1H3/t28-,29?/m0/s1. The summed E-state index contributed by atoms with van der Waals surface area (Å²) < 4.78 is 30.0. The fourth-order valence-corrected chi connectivity index (χ4v) is 6.65. The number of fused-ring (bicyclic) bond motifs is 2. The van der Waals surface area contributed by atoms with Gasteiger partial charge in [0.05, 0.1) is 11.1 Å². The van der Waals surface area contributed by atoms with Crippen molar-refractivity contribution in [2.75, 3.05) is 7.05 Å². The van der Waals surface area contributed by atoms with Crippen LogP contribution in [0.15, 0.2) is 83.8 Å². The van der Waals surface area contributed by atoms with Crippen molar-refractivity contribution in [3.63, 3.8) is 0 Å². The molecule has 0 bridgehead atoms. The smallest absolute Gasteiger partial charge is 0.241 e. The van der Waals surface area contributed by atoms with E-state index in [1.807, 2.05) is 66.7 Å². The van der Waals surface area contributed by atoms with Crippen molar-refractivity contribution >= 4 is 37.5 Å². The highest BCUT2D eigenvalue weighted by molar-refractivity contribution is 7.89. The molecule has 0 radical (unpaired) electrons. The molecule has 1 aliphatic carbocycles. The minimum absolute atomic E-state index is 0.120. The Morgan fingerprint density at radius 1 is 0.923 bits per heavy atom. The SMILES string of the molecule is CN(C(=O)[C@H](Cc1ccc(C(N)NN)cc1)NS(=O)(=O)c1ccc2cc3ccccc3cc2c1)C1CCCC1. The molecule has 204 valence electrons. The zero-order chi connectivity index (χ0) is 27.6. The van der Waals surface area contributed by atoms with Gasteiger partial charge in [-0.2, -0.15) is 4.72 Å². The fourth-order valence-electron chi connectivity index (χ4n) is 5.43. The van der Waals surface area contributed by atoms with Gasteiger partial charge in [0.2, 0.25) is 15.9 Å². The lowest BCUT2D eigenvalue weighted by Crippen LogP contribution is -2.50. The van der Waals surface area contributed by atoms with Gasteiger partial charge in [-0.3, -0.25) is 10.6 Å². The number of carbonyl (C=O) groups is 1. The number of hydrogen-bond acceptors (Lipinski definition) is 6. The Morgan fingerprint density at radius 3 is 2.18 bits per heavy atom. The maximum absolute atomic E-state index is 13.7.